The Balaban J connectivity index is 1.90. The van der Waals surface area contributed by atoms with Crippen molar-refractivity contribution in [1.82, 2.24) is 5.32 Å². The van der Waals surface area contributed by atoms with Crippen LogP contribution in [0.25, 0.3) is 0 Å². The van der Waals surface area contributed by atoms with Crippen LogP contribution in [-0.4, -0.2) is 18.4 Å². The van der Waals surface area contributed by atoms with Crippen LogP contribution in [-0.2, 0) is 4.79 Å². The highest BCUT2D eigenvalue weighted by Gasteiger charge is 2.09. The number of halogens is 2. The fraction of sp³-hybridized carbons (Fsp3) is 0.125. The number of hydrogen-bond donors (Lipinski definition) is 2. The van der Waals surface area contributed by atoms with Crippen LogP contribution in [0.4, 0.5) is 10.1 Å². The zero-order valence-electron chi connectivity index (χ0n) is 11.8. The number of anilines is 1. The van der Waals surface area contributed by atoms with E-state index in [0.29, 0.717) is 5.69 Å². The van der Waals surface area contributed by atoms with Gasteiger partial charge in [0.25, 0.3) is 5.91 Å². The Labute approximate surface area is 135 Å². The second-order valence-corrected chi connectivity index (χ2v) is 5.56. The van der Waals surface area contributed by atoms with Crippen molar-refractivity contribution in [3.8, 4) is 0 Å². The largest absolute Gasteiger partial charge is 0.343 e. The maximum atomic E-state index is 13.0. The molecular formula is C16H14BrFN2O2. The average Bonchev–Trinajstić information content (AvgIpc) is 2.48. The molecule has 0 fully saturated rings. The Morgan fingerprint density at radius 1 is 1.18 bits per heavy atom. The summed E-state index contributed by atoms with van der Waals surface area (Å²) >= 11 is 3.38. The van der Waals surface area contributed by atoms with Crippen LogP contribution in [0.3, 0.4) is 0 Å². The van der Waals surface area contributed by atoms with Gasteiger partial charge in [0.05, 0.1) is 6.54 Å². The van der Waals surface area contributed by atoms with Gasteiger partial charge in [0.1, 0.15) is 5.82 Å². The first-order valence-corrected chi connectivity index (χ1v) is 7.35. The van der Waals surface area contributed by atoms with Crippen molar-refractivity contribution in [2.24, 2.45) is 0 Å². The maximum Gasteiger partial charge on any atom is 0.251 e. The molecule has 6 heteroatoms. The fourth-order valence-electron chi connectivity index (χ4n) is 1.82. The van der Waals surface area contributed by atoms with Crippen LogP contribution in [0.1, 0.15) is 15.9 Å². The standard InChI is InChI=1S/C16H14BrFN2O2/c1-10-7-13(5-6-14(10)17)20-15(21)9-19-16(22)11-3-2-4-12(18)8-11/h2-8H,9H2,1H3,(H,19,22)(H,20,21). The highest BCUT2D eigenvalue weighted by molar-refractivity contribution is 9.10. The predicted octanol–water partition coefficient (Wildman–Crippen LogP) is 3.27. The van der Waals surface area contributed by atoms with Gasteiger partial charge >= 0.3 is 0 Å². The molecular weight excluding hydrogens is 351 g/mol. The summed E-state index contributed by atoms with van der Waals surface area (Å²) in [6.45, 7) is 1.72. The highest BCUT2D eigenvalue weighted by atomic mass is 79.9. The van der Waals surface area contributed by atoms with Gasteiger partial charge in [-0.25, -0.2) is 4.39 Å². The number of hydrogen-bond acceptors (Lipinski definition) is 2. The summed E-state index contributed by atoms with van der Waals surface area (Å²) in [4.78, 5) is 23.6. The normalized spacial score (nSPS) is 10.1. The molecule has 0 aliphatic heterocycles. The number of aryl methyl sites for hydroxylation is 1. The van der Waals surface area contributed by atoms with Crippen molar-refractivity contribution < 1.29 is 14.0 Å². The topological polar surface area (TPSA) is 58.2 Å². The number of benzene rings is 2. The first kappa shape index (κ1) is 16.2. The SMILES string of the molecule is Cc1cc(NC(=O)CNC(=O)c2cccc(F)c2)ccc1Br. The summed E-state index contributed by atoms with van der Waals surface area (Å²) in [6.07, 6.45) is 0. The molecule has 2 N–H and O–H groups in total. The van der Waals surface area contributed by atoms with Gasteiger partial charge in [-0.15, -0.1) is 0 Å². The molecule has 0 saturated heterocycles. The van der Waals surface area contributed by atoms with E-state index in [-0.39, 0.29) is 18.0 Å². The average molecular weight is 365 g/mol. The summed E-state index contributed by atoms with van der Waals surface area (Å²) in [5, 5.41) is 5.12. The van der Waals surface area contributed by atoms with Crippen molar-refractivity contribution in [3.05, 3.63) is 63.9 Å². The molecule has 0 spiro atoms. The van der Waals surface area contributed by atoms with Crippen LogP contribution in [0, 0.1) is 12.7 Å². The summed E-state index contributed by atoms with van der Waals surface area (Å²) in [7, 11) is 0. The third-order valence-electron chi connectivity index (χ3n) is 2.94. The molecule has 0 radical (unpaired) electrons. The Kier molecular flexibility index (Phi) is 5.27. The van der Waals surface area contributed by atoms with Crippen LogP contribution < -0.4 is 10.6 Å². The van der Waals surface area contributed by atoms with Crippen molar-refractivity contribution in [1.29, 1.82) is 0 Å². The van der Waals surface area contributed by atoms with Crippen LogP contribution in [0.2, 0.25) is 0 Å². The van der Waals surface area contributed by atoms with Gasteiger partial charge in [-0.2, -0.15) is 0 Å². The van der Waals surface area contributed by atoms with Gasteiger partial charge in [0.2, 0.25) is 5.91 Å². The minimum Gasteiger partial charge on any atom is -0.343 e. The number of nitrogens with one attached hydrogen (secondary N) is 2. The van der Waals surface area contributed by atoms with E-state index >= 15 is 0 Å². The Morgan fingerprint density at radius 2 is 1.95 bits per heavy atom. The van der Waals surface area contributed by atoms with E-state index in [1.54, 1.807) is 6.07 Å². The summed E-state index contributed by atoms with van der Waals surface area (Å²) in [6, 6.07) is 10.7. The van der Waals surface area contributed by atoms with Crippen molar-refractivity contribution in [2.75, 3.05) is 11.9 Å². The number of carbonyl (C=O) groups is 2. The molecule has 0 aliphatic rings. The van der Waals surface area contributed by atoms with Gasteiger partial charge in [-0.05, 0) is 48.9 Å². The monoisotopic (exact) mass is 364 g/mol. The van der Waals surface area contributed by atoms with E-state index in [2.05, 4.69) is 26.6 Å². The summed E-state index contributed by atoms with van der Waals surface area (Å²) in [5.41, 5.74) is 1.81. The van der Waals surface area contributed by atoms with E-state index in [4.69, 9.17) is 0 Å². The lowest BCUT2D eigenvalue weighted by molar-refractivity contribution is -0.115. The van der Waals surface area contributed by atoms with Gasteiger partial charge in [-0.3, -0.25) is 9.59 Å². The first-order chi connectivity index (χ1) is 10.5. The molecule has 2 aromatic carbocycles. The molecule has 2 amide bonds. The lowest BCUT2D eigenvalue weighted by atomic mass is 10.2. The van der Waals surface area contributed by atoms with Crippen molar-refractivity contribution in [2.45, 2.75) is 6.92 Å². The van der Waals surface area contributed by atoms with E-state index in [9.17, 15) is 14.0 Å². The number of carbonyl (C=O) groups excluding carboxylic acids is 2. The molecule has 4 nitrogen and oxygen atoms in total. The zero-order chi connectivity index (χ0) is 16.1. The van der Waals surface area contributed by atoms with E-state index in [1.165, 1.54) is 18.2 Å². The van der Waals surface area contributed by atoms with E-state index in [0.717, 1.165) is 16.1 Å². The van der Waals surface area contributed by atoms with Gasteiger partial charge in [0.15, 0.2) is 0 Å². The van der Waals surface area contributed by atoms with Gasteiger partial charge in [-0.1, -0.05) is 22.0 Å². The second-order valence-electron chi connectivity index (χ2n) is 4.71. The molecule has 2 rings (SSSR count). The quantitative estimate of drug-likeness (QED) is 0.874. The van der Waals surface area contributed by atoms with Crippen molar-refractivity contribution in [3.63, 3.8) is 0 Å². The molecule has 0 unspecified atom stereocenters. The number of rotatable bonds is 4. The van der Waals surface area contributed by atoms with Crippen LogP contribution in [0.15, 0.2) is 46.9 Å². The molecule has 0 heterocycles. The highest BCUT2D eigenvalue weighted by Crippen LogP contribution is 2.19. The first-order valence-electron chi connectivity index (χ1n) is 6.55. The third-order valence-corrected chi connectivity index (χ3v) is 3.83. The molecule has 0 saturated carbocycles. The Morgan fingerprint density at radius 3 is 2.64 bits per heavy atom. The Bertz CT molecular complexity index is 719. The van der Waals surface area contributed by atoms with E-state index in [1.807, 2.05) is 19.1 Å². The van der Waals surface area contributed by atoms with Crippen LogP contribution in [0.5, 0.6) is 0 Å². The minimum atomic E-state index is -0.498. The molecule has 0 aromatic heterocycles. The van der Waals surface area contributed by atoms with Gasteiger partial charge in [0, 0.05) is 15.7 Å². The van der Waals surface area contributed by atoms with Crippen LogP contribution >= 0.6 is 15.9 Å². The predicted molar refractivity (Wildman–Crippen MR) is 86.2 cm³/mol. The molecule has 0 bridgehead atoms. The third kappa shape index (κ3) is 4.39. The summed E-state index contributed by atoms with van der Waals surface area (Å²) < 4.78 is 14.0. The molecule has 2 aromatic rings. The van der Waals surface area contributed by atoms with Crippen molar-refractivity contribution >= 4 is 33.4 Å². The fourth-order valence-corrected chi connectivity index (χ4v) is 2.07. The van der Waals surface area contributed by atoms with Gasteiger partial charge < -0.3 is 10.6 Å². The smallest absolute Gasteiger partial charge is 0.251 e. The second kappa shape index (κ2) is 7.17. The van der Waals surface area contributed by atoms with E-state index < -0.39 is 11.7 Å². The zero-order valence-corrected chi connectivity index (χ0v) is 13.4. The lowest BCUT2D eigenvalue weighted by Gasteiger charge is -2.08. The summed E-state index contributed by atoms with van der Waals surface area (Å²) in [5.74, 6) is -1.35. The molecule has 114 valence electrons. The number of amides is 2. The molecule has 0 aliphatic carbocycles. The molecule has 22 heavy (non-hydrogen) atoms. The maximum absolute atomic E-state index is 13.0. The minimum absolute atomic E-state index is 0.173. The Hall–Kier alpha value is -2.21. The lowest BCUT2D eigenvalue weighted by Crippen LogP contribution is -2.32. The molecule has 0 atom stereocenters.